The first-order chi connectivity index (χ1) is 13.1. The zero-order chi connectivity index (χ0) is 19.1. The number of thioether (sulfide) groups is 1. The first-order valence-corrected chi connectivity index (χ1v) is 10.1. The summed E-state index contributed by atoms with van der Waals surface area (Å²) in [5.41, 5.74) is 0.888. The Morgan fingerprint density at radius 2 is 1.93 bits per heavy atom. The number of hydrogen-bond donors (Lipinski definition) is 1. The Morgan fingerprint density at radius 3 is 2.59 bits per heavy atom. The maximum absolute atomic E-state index is 12.3. The van der Waals surface area contributed by atoms with Gasteiger partial charge in [0.25, 0.3) is 0 Å². The van der Waals surface area contributed by atoms with Crippen molar-refractivity contribution in [1.82, 2.24) is 14.8 Å². The van der Waals surface area contributed by atoms with E-state index in [0.717, 1.165) is 37.0 Å². The van der Waals surface area contributed by atoms with Crippen LogP contribution in [0.4, 0.5) is 11.5 Å². The van der Waals surface area contributed by atoms with E-state index in [-0.39, 0.29) is 11.7 Å². The number of benzene rings is 1. The molecular weight excluding hydrogens is 382 g/mol. The molecule has 3 rings (SSSR count). The molecule has 1 saturated heterocycles. The van der Waals surface area contributed by atoms with Gasteiger partial charge in [-0.25, -0.2) is 9.98 Å². The van der Waals surface area contributed by atoms with E-state index in [2.05, 4.69) is 27.1 Å². The van der Waals surface area contributed by atoms with Gasteiger partial charge in [0.1, 0.15) is 5.82 Å². The lowest BCUT2D eigenvalue weighted by Gasteiger charge is -2.34. The van der Waals surface area contributed by atoms with Gasteiger partial charge < -0.3 is 15.1 Å². The summed E-state index contributed by atoms with van der Waals surface area (Å²) in [4.78, 5) is 25.7. The van der Waals surface area contributed by atoms with Gasteiger partial charge in [0.15, 0.2) is 5.17 Å². The average molecular weight is 404 g/mol. The lowest BCUT2D eigenvalue weighted by Crippen LogP contribution is -2.46. The number of carbonyl (C=O) groups is 1. The fraction of sp³-hybridized carbons (Fsp3) is 0.316. The minimum Gasteiger partial charge on any atom is -0.349 e. The number of aliphatic imine (C=N–C) groups is 1. The number of likely N-dealkylation sites (N-methyl/N-ethyl adjacent to an activating group) is 1. The zero-order valence-corrected chi connectivity index (χ0v) is 16.7. The van der Waals surface area contributed by atoms with Crippen LogP contribution in [0.1, 0.15) is 0 Å². The Kier molecular flexibility index (Phi) is 7.09. The molecule has 1 aliphatic rings. The number of hydrogen-bond acceptors (Lipinski definition) is 5. The van der Waals surface area contributed by atoms with Crippen molar-refractivity contribution in [2.45, 2.75) is 0 Å². The van der Waals surface area contributed by atoms with Gasteiger partial charge in [-0.1, -0.05) is 41.6 Å². The summed E-state index contributed by atoms with van der Waals surface area (Å²) >= 11 is 7.27. The third kappa shape index (κ3) is 6.23. The molecule has 0 bridgehead atoms. The molecular formula is C19H22ClN5OS. The van der Waals surface area contributed by atoms with Gasteiger partial charge in [-0.3, -0.25) is 4.79 Å². The predicted molar refractivity (Wildman–Crippen MR) is 113 cm³/mol. The molecule has 0 unspecified atom stereocenters. The Balaban J connectivity index is 1.64. The summed E-state index contributed by atoms with van der Waals surface area (Å²) in [6.45, 7) is 3.76. The molecule has 2 aromatic rings. The van der Waals surface area contributed by atoms with Gasteiger partial charge >= 0.3 is 0 Å². The highest BCUT2D eigenvalue weighted by Gasteiger charge is 2.19. The molecule has 0 aliphatic carbocycles. The van der Waals surface area contributed by atoms with Crippen LogP contribution in [0.15, 0.2) is 53.7 Å². The van der Waals surface area contributed by atoms with Gasteiger partial charge in [0.2, 0.25) is 5.91 Å². The van der Waals surface area contributed by atoms with Crippen molar-refractivity contribution in [2.75, 3.05) is 44.3 Å². The van der Waals surface area contributed by atoms with Gasteiger partial charge in [-0.05, 0) is 31.3 Å². The largest absolute Gasteiger partial charge is 0.349 e. The molecule has 0 atom stereocenters. The number of pyridine rings is 1. The SMILES string of the molecule is CN1CCN(C(=Nc2ccccc2)SCC(=O)Nc2ccc(Cl)cn2)CC1. The number of nitrogens with zero attached hydrogens (tertiary/aromatic N) is 4. The van der Waals surface area contributed by atoms with E-state index in [1.165, 1.54) is 18.0 Å². The number of para-hydroxylation sites is 1. The Labute approximate surface area is 168 Å². The summed E-state index contributed by atoms with van der Waals surface area (Å²) in [5, 5.41) is 4.19. The quantitative estimate of drug-likeness (QED) is 0.626. The molecule has 142 valence electrons. The fourth-order valence-electron chi connectivity index (χ4n) is 2.56. The van der Waals surface area contributed by atoms with Crippen LogP contribution in [0, 0.1) is 0 Å². The second kappa shape index (κ2) is 9.73. The maximum atomic E-state index is 12.3. The van der Waals surface area contributed by atoms with Crippen LogP contribution in [0.25, 0.3) is 0 Å². The average Bonchev–Trinajstić information content (AvgIpc) is 2.68. The molecule has 1 aromatic carbocycles. The van der Waals surface area contributed by atoms with Crippen LogP contribution in [-0.4, -0.2) is 64.8 Å². The number of rotatable bonds is 4. The number of nitrogens with one attached hydrogen (secondary N) is 1. The van der Waals surface area contributed by atoms with Gasteiger partial charge in [0.05, 0.1) is 16.5 Å². The molecule has 0 saturated carbocycles. The highest BCUT2D eigenvalue weighted by molar-refractivity contribution is 8.14. The summed E-state index contributed by atoms with van der Waals surface area (Å²) in [6.07, 6.45) is 1.51. The van der Waals surface area contributed by atoms with Crippen molar-refractivity contribution < 1.29 is 4.79 Å². The molecule has 1 fully saturated rings. The van der Waals surface area contributed by atoms with Crippen LogP contribution < -0.4 is 5.32 Å². The van der Waals surface area contributed by atoms with Crippen molar-refractivity contribution in [3.05, 3.63) is 53.7 Å². The summed E-state index contributed by atoms with van der Waals surface area (Å²) in [7, 11) is 2.12. The van der Waals surface area contributed by atoms with Gasteiger partial charge in [-0.15, -0.1) is 0 Å². The molecule has 1 aromatic heterocycles. The third-order valence-corrected chi connectivity index (χ3v) is 5.32. The van der Waals surface area contributed by atoms with Gasteiger partial charge in [0, 0.05) is 32.4 Å². The molecule has 1 N–H and O–H groups in total. The summed E-state index contributed by atoms with van der Waals surface area (Å²) in [5.74, 6) is 0.637. The topological polar surface area (TPSA) is 60.8 Å². The van der Waals surface area contributed by atoms with E-state index in [1.807, 2.05) is 30.3 Å². The first kappa shape index (κ1) is 19.7. The molecule has 0 radical (unpaired) electrons. The lowest BCUT2D eigenvalue weighted by molar-refractivity contribution is -0.113. The number of amidine groups is 1. The number of carbonyl (C=O) groups excluding carboxylic acids is 1. The standard InChI is InChI=1S/C19H22ClN5OS/c1-24-9-11-25(12-10-24)19(22-16-5-3-2-4-6-16)27-14-18(26)23-17-8-7-15(20)13-21-17/h2-8,13H,9-12,14H2,1H3,(H,21,23,26). The second-order valence-corrected chi connectivity index (χ2v) is 7.60. The van der Waals surface area contributed by atoms with E-state index in [4.69, 9.17) is 16.6 Å². The van der Waals surface area contributed by atoms with Gasteiger partial charge in [-0.2, -0.15) is 0 Å². The van der Waals surface area contributed by atoms with E-state index in [1.54, 1.807) is 12.1 Å². The van der Waals surface area contributed by atoms with E-state index < -0.39 is 0 Å². The van der Waals surface area contributed by atoms with Crippen molar-refractivity contribution in [3.8, 4) is 0 Å². The van der Waals surface area contributed by atoms with Crippen LogP contribution in [0.5, 0.6) is 0 Å². The van der Waals surface area contributed by atoms with Crippen molar-refractivity contribution in [3.63, 3.8) is 0 Å². The van der Waals surface area contributed by atoms with Crippen LogP contribution in [-0.2, 0) is 4.79 Å². The first-order valence-electron chi connectivity index (χ1n) is 8.71. The molecule has 8 heteroatoms. The Bertz CT molecular complexity index is 776. The predicted octanol–water partition coefficient (Wildman–Crippen LogP) is 3.34. The molecule has 6 nitrogen and oxygen atoms in total. The third-order valence-electron chi connectivity index (χ3n) is 4.08. The molecule has 1 aliphatic heterocycles. The highest BCUT2D eigenvalue weighted by atomic mass is 35.5. The highest BCUT2D eigenvalue weighted by Crippen LogP contribution is 2.19. The van der Waals surface area contributed by atoms with Crippen molar-refractivity contribution >= 4 is 45.9 Å². The number of amides is 1. The van der Waals surface area contributed by atoms with Crippen LogP contribution in [0.3, 0.4) is 0 Å². The monoisotopic (exact) mass is 403 g/mol. The maximum Gasteiger partial charge on any atom is 0.236 e. The minimum absolute atomic E-state index is 0.121. The summed E-state index contributed by atoms with van der Waals surface area (Å²) in [6, 6.07) is 13.2. The van der Waals surface area contributed by atoms with Crippen LogP contribution in [0.2, 0.25) is 5.02 Å². The van der Waals surface area contributed by atoms with E-state index in [9.17, 15) is 4.79 Å². The number of halogens is 1. The lowest BCUT2D eigenvalue weighted by atomic mass is 10.3. The molecule has 0 spiro atoms. The van der Waals surface area contributed by atoms with Crippen molar-refractivity contribution in [1.29, 1.82) is 0 Å². The second-order valence-electron chi connectivity index (χ2n) is 6.22. The zero-order valence-electron chi connectivity index (χ0n) is 15.1. The van der Waals surface area contributed by atoms with E-state index in [0.29, 0.717) is 10.8 Å². The Hall–Kier alpha value is -2.09. The minimum atomic E-state index is -0.121. The number of aromatic nitrogens is 1. The van der Waals surface area contributed by atoms with Crippen LogP contribution >= 0.6 is 23.4 Å². The molecule has 27 heavy (non-hydrogen) atoms. The van der Waals surface area contributed by atoms with Crippen molar-refractivity contribution in [2.24, 2.45) is 4.99 Å². The molecule has 1 amide bonds. The molecule has 2 heterocycles. The Morgan fingerprint density at radius 1 is 1.19 bits per heavy atom. The summed E-state index contributed by atoms with van der Waals surface area (Å²) < 4.78 is 0. The smallest absolute Gasteiger partial charge is 0.236 e. The fourth-order valence-corrected chi connectivity index (χ4v) is 3.54. The normalized spacial score (nSPS) is 15.6. The van der Waals surface area contributed by atoms with E-state index >= 15 is 0 Å². The number of anilines is 1. The number of piperazine rings is 1.